The molecule has 1 aromatic heterocycles. The average molecular weight is 289 g/mol. The summed E-state index contributed by atoms with van der Waals surface area (Å²) in [5.74, 6) is -1.25. The first-order chi connectivity index (χ1) is 9.86. The highest BCUT2D eigenvalue weighted by Gasteiger charge is 2.21. The molecular formula is C16H21N2O3+. The van der Waals surface area contributed by atoms with Gasteiger partial charge in [0.25, 0.3) is 0 Å². The maximum absolute atomic E-state index is 12.0. The molecule has 5 heteroatoms. The fraction of sp³-hybridized carbons (Fsp3) is 0.375. The van der Waals surface area contributed by atoms with Gasteiger partial charge < -0.3 is 9.84 Å². The fourth-order valence-electron chi connectivity index (χ4n) is 2.15. The molecule has 0 fully saturated rings. The third-order valence-corrected chi connectivity index (χ3v) is 3.78. The third-order valence-electron chi connectivity index (χ3n) is 3.78. The molecule has 0 saturated carbocycles. The van der Waals surface area contributed by atoms with E-state index >= 15 is 0 Å². The zero-order valence-corrected chi connectivity index (χ0v) is 12.8. The van der Waals surface area contributed by atoms with Crippen molar-refractivity contribution >= 4 is 6.08 Å². The van der Waals surface area contributed by atoms with E-state index in [1.807, 2.05) is 37.3 Å². The van der Waals surface area contributed by atoms with Crippen LogP contribution in [-0.4, -0.2) is 22.6 Å². The summed E-state index contributed by atoms with van der Waals surface area (Å²) in [7, 11) is 4.95. The smallest absolute Gasteiger partial charge is 0.359 e. The fourth-order valence-corrected chi connectivity index (χ4v) is 2.15. The second-order valence-electron chi connectivity index (χ2n) is 5.22. The van der Waals surface area contributed by atoms with Crippen LogP contribution in [0.25, 0.3) is 6.08 Å². The van der Waals surface area contributed by atoms with Crippen LogP contribution >= 0.6 is 0 Å². The first-order valence-electron chi connectivity index (χ1n) is 6.77. The number of rotatable bonds is 3. The van der Waals surface area contributed by atoms with Crippen LogP contribution in [0, 0.1) is 12.8 Å². The van der Waals surface area contributed by atoms with E-state index in [9.17, 15) is 9.90 Å². The number of aromatic nitrogens is 2. The molecule has 1 aromatic rings. The minimum absolute atomic E-state index is 0.0573. The number of aliphatic hydroxyl groups is 1. The predicted molar refractivity (Wildman–Crippen MR) is 80.4 cm³/mol. The zero-order chi connectivity index (χ0) is 15.6. The van der Waals surface area contributed by atoms with E-state index in [0.717, 1.165) is 11.4 Å². The minimum Gasteiger partial charge on any atom is -0.359 e. The summed E-state index contributed by atoms with van der Waals surface area (Å²) in [4.78, 5) is 12.0. The molecule has 0 aliphatic heterocycles. The van der Waals surface area contributed by atoms with Gasteiger partial charge in [0.15, 0.2) is 0 Å². The summed E-state index contributed by atoms with van der Waals surface area (Å²) in [5, 5.41) is 9.86. The predicted octanol–water partition coefficient (Wildman–Crippen LogP) is 0.609. The molecule has 2 rings (SSSR count). The van der Waals surface area contributed by atoms with E-state index in [4.69, 9.17) is 4.74 Å². The Morgan fingerprint density at radius 1 is 1.43 bits per heavy atom. The van der Waals surface area contributed by atoms with Gasteiger partial charge in [0.1, 0.15) is 11.4 Å². The molecule has 0 saturated heterocycles. The topological polar surface area (TPSA) is 55.3 Å². The standard InChI is InChI=1S/C16H21N2O3/c1-12-11-14(18(3)15(19)17(12)2)6-5-13-7-9-16(20,21-4)10-8-13/h5-11,13,20H,1-4H3/q+1/b6-5+. The van der Waals surface area contributed by atoms with Crippen LogP contribution in [0.3, 0.4) is 0 Å². The number of methoxy groups -OCH3 is 1. The molecule has 112 valence electrons. The lowest BCUT2D eigenvalue weighted by atomic mass is 9.99. The Labute approximate surface area is 124 Å². The van der Waals surface area contributed by atoms with Crippen molar-refractivity contribution in [1.82, 2.24) is 4.57 Å². The van der Waals surface area contributed by atoms with Crippen molar-refractivity contribution in [1.29, 1.82) is 0 Å². The van der Waals surface area contributed by atoms with Crippen molar-refractivity contribution < 1.29 is 14.4 Å². The summed E-state index contributed by atoms with van der Waals surface area (Å²) in [6.07, 6.45) is 10.8. The highest BCUT2D eigenvalue weighted by atomic mass is 16.6. The summed E-state index contributed by atoms with van der Waals surface area (Å²) in [5.41, 5.74) is 1.68. The molecule has 0 unspecified atom stereocenters. The van der Waals surface area contributed by atoms with Crippen LogP contribution in [0.15, 0.2) is 41.2 Å². The second-order valence-corrected chi connectivity index (χ2v) is 5.22. The summed E-state index contributed by atoms with van der Waals surface area (Å²) in [6, 6.07) is 1.96. The van der Waals surface area contributed by atoms with Gasteiger partial charge in [0.2, 0.25) is 5.79 Å². The monoisotopic (exact) mass is 289 g/mol. The number of aryl methyl sites for hydroxylation is 1. The maximum atomic E-state index is 12.0. The van der Waals surface area contributed by atoms with Gasteiger partial charge in [-0.2, -0.15) is 13.9 Å². The highest BCUT2D eigenvalue weighted by molar-refractivity contribution is 5.44. The first kappa shape index (κ1) is 15.4. The molecule has 1 heterocycles. The zero-order valence-electron chi connectivity index (χ0n) is 12.8. The normalized spacial score (nSPS) is 24.9. The quantitative estimate of drug-likeness (QED) is 0.504. The Morgan fingerprint density at radius 3 is 2.62 bits per heavy atom. The van der Waals surface area contributed by atoms with Crippen molar-refractivity contribution in [2.45, 2.75) is 12.7 Å². The van der Waals surface area contributed by atoms with Crippen LogP contribution in [0.2, 0.25) is 0 Å². The van der Waals surface area contributed by atoms with E-state index in [1.165, 1.54) is 7.11 Å². The maximum Gasteiger partial charge on any atom is 0.498 e. The van der Waals surface area contributed by atoms with Crippen molar-refractivity contribution in [3.63, 3.8) is 0 Å². The van der Waals surface area contributed by atoms with Crippen molar-refractivity contribution in [2.24, 2.45) is 20.0 Å². The molecule has 0 radical (unpaired) electrons. The number of hydrogen-bond donors (Lipinski definition) is 1. The Balaban J connectivity index is 2.23. The molecule has 21 heavy (non-hydrogen) atoms. The molecule has 0 bridgehead atoms. The lowest BCUT2D eigenvalue weighted by molar-refractivity contribution is -0.692. The van der Waals surface area contributed by atoms with Crippen molar-refractivity contribution in [3.05, 3.63) is 58.3 Å². The number of ether oxygens (including phenoxy) is 1. The van der Waals surface area contributed by atoms with E-state index in [-0.39, 0.29) is 11.6 Å². The Hall–Kier alpha value is -1.98. The van der Waals surface area contributed by atoms with Gasteiger partial charge in [0, 0.05) is 19.1 Å². The Kier molecular flexibility index (Phi) is 4.25. The van der Waals surface area contributed by atoms with Gasteiger partial charge in [-0.1, -0.05) is 18.2 Å². The Bertz CT molecular complexity index is 669. The van der Waals surface area contributed by atoms with E-state index < -0.39 is 5.79 Å². The van der Waals surface area contributed by atoms with Gasteiger partial charge >= 0.3 is 5.69 Å². The van der Waals surface area contributed by atoms with Crippen LogP contribution < -0.4 is 10.3 Å². The minimum atomic E-state index is -1.31. The molecule has 5 nitrogen and oxygen atoms in total. The average Bonchev–Trinajstić information content (AvgIpc) is 2.49. The largest absolute Gasteiger partial charge is 0.498 e. The number of hydrogen-bond acceptors (Lipinski definition) is 3. The summed E-state index contributed by atoms with van der Waals surface area (Å²) >= 11 is 0. The van der Waals surface area contributed by atoms with Gasteiger partial charge in [-0.15, -0.1) is 0 Å². The first-order valence-corrected chi connectivity index (χ1v) is 6.77. The molecule has 0 spiro atoms. The molecule has 0 atom stereocenters. The van der Waals surface area contributed by atoms with Crippen LogP contribution in [0.1, 0.15) is 11.4 Å². The van der Waals surface area contributed by atoms with E-state index in [0.29, 0.717) is 0 Å². The summed E-state index contributed by atoms with van der Waals surface area (Å²) in [6.45, 7) is 1.90. The third kappa shape index (κ3) is 3.20. The lowest BCUT2D eigenvalue weighted by Gasteiger charge is -2.22. The number of nitrogens with zero attached hydrogens (tertiary/aromatic N) is 2. The second kappa shape index (κ2) is 5.79. The van der Waals surface area contributed by atoms with Gasteiger partial charge in [-0.05, 0) is 25.2 Å². The van der Waals surface area contributed by atoms with E-state index in [2.05, 4.69) is 0 Å². The van der Waals surface area contributed by atoms with Crippen LogP contribution in [-0.2, 0) is 18.8 Å². The van der Waals surface area contributed by atoms with Crippen molar-refractivity contribution in [3.8, 4) is 0 Å². The van der Waals surface area contributed by atoms with Crippen molar-refractivity contribution in [2.75, 3.05) is 7.11 Å². The molecular weight excluding hydrogens is 268 g/mol. The highest BCUT2D eigenvalue weighted by Crippen LogP contribution is 2.20. The lowest BCUT2D eigenvalue weighted by Crippen LogP contribution is -2.53. The molecule has 1 N–H and O–H groups in total. The SMILES string of the molecule is COC1(O)C=CC(/C=C/c2cc(C)n(C)c(=O)[n+]2C)C=C1. The molecule has 1 aliphatic carbocycles. The Morgan fingerprint density at radius 2 is 2.05 bits per heavy atom. The van der Waals surface area contributed by atoms with E-state index in [1.54, 1.807) is 35.4 Å². The van der Waals surface area contributed by atoms with Crippen LogP contribution in [0.5, 0.6) is 0 Å². The molecule has 0 aromatic carbocycles. The van der Waals surface area contributed by atoms with Gasteiger partial charge in [0.05, 0.1) is 14.1 Å². The van der Waals surface area contributed by atoms with Gasteiger partial charge in [-0.25, -0.2) is 0 Å². The van der Waals surface area contributed by atoms with Gasteiger partial charge in [-0.3, -0.25) is 0 Å². The van der Waals surface area contributed by atoms with Crippen LogP contribution in [0.4, 0.5) is 0 Å². The summed E-state index contributed by atoms with van der Waals surface area (Å²) < 4.78 is 8.17. The molecule has 1 aliphatic rings. The molecule has 0 amide bonds. The number of allylic oxidation sites excluding steroid dienone is 3.